The minimum absolute atomic E-state index is 0.0598. The molecule has 1 fully saturated rings. The zero-order valence-corrected chi connectivity index (χ0v) is 16.7. The first-order valence-corrected chi connectivity index (χ1v) is 9.48. The Bertz CT molecular complexity index is 864. The number of nitrogens with zero attached hydrogens (tertiary/aromatic N) is 1. The summed E-state index contributed by atoms with van der Waals surface area (Å²) in [6.45, 7) is 8.16. The Morgan fingerprint density at radius 3 is 2.07 bits per heavy atom. The van der Waals surface area contributed by atoms with Crippen molar-refractivity contribution in [2.45, 2.75) is 50.6 Å². The molecule has 0 N–H and O–H groups in total. The fourth-order valence-corrected chi connectivity index (χ4v) is 4.25. The van der Waals surface area contributed by atoms with E-state index in [9.17, 15) is 4.79 Å². The number of benzene rings is 2. The van der Waals surface area contributed by atoms with Gasteiger partial charge in [0.1, 0.15) is 5.41 Å². The average molecular weight is 363 g/mol. The Morgan fingerprint density at radius 1 is 0.889 bits per heavy atom. The number of fused-ring (bicyclic) bond motifs is 1. The summed E-state index contributed by atoms with van der Waals surface area (Å²) >= 11 is 0. The van der Waals surface area contributed by atoms with Crippen molar-refractivity contribution in [1.29, 1.82) is 0 Å². The van der Waals surface area contributed by atoms with Gasteiger partial charge in [-0.05, 0) is 44.9 Å². The second-order valence-electron chi connectivity index (χ2n) is 8.54. The largest absolute Gasteiger partial charge is 0.459 e. The van der Waals surface area contributed by atoms with Crippen molar-refractivity contribution in [1.82, 2.24) is 0 Å². The Kier molecular flexibility index (Phi) is 4.02. The first-order chi connectivity index (χ1) is 12.7. The van der Waals surface area contributed by atoms with Crippen LogP contribution in [0.1, 0.15) is 38.8 Å². The van der Waals surface area contributed by atoms with Crippen molar-refractivity contribution in [2.75, 3.05) is 11.9 Å². The number of hydrogen-bond acceptors (Lipinski definition) is 3. The quantitative estimate of drug-likeness (QED) is 0.773. The first kappa shape index (κ1) is 18.3. The number of carbonyl (C=O) groups is 1. The van der Waals surface area contributed by atoms with Crippen molar-refractivity contribution in [2.24, 2.45) is 0 Å². The van der Waals surface area contributed by atoms with Gasteiger partial charge in [-0.1, -0.05) is 48.5 Å². The Labute approximate surface area is 161 Å². The molecule has 2 aromatic rings. The second-order valence-corrected chi connectivity index (χ2v) is 8.54. The lowest BCUT2D eigenvalue weighted by Crippen LogP contribution is -2.43. The highest BCUT2D eigenvalue weighted by Gasteiger charge is 2.58. The van der Waals surface area contributed by atoms with Gasteiger partial charge in [-0.3, -0.25) is 4.79 Å². The number of rotatable bonds is 3. The molecule has 2 heterocycles. The van der Waals surface area contributed by atoms with Crippen molar-refractivity contribution >= 4 is 18.7 Å². The van der Waals surface area contributed by atoms with Crippen molar-refractivity contribution in [3.05, 3.63) is 65.7 Å². The molecule has 0 spiro atoms. The van der Waals surface area contributed by atoms with Gasteiger partial charge in [0, 0.05) is 19.1 Å². The maximum Gasteiger partial charge on any atom is 0.459 e. The van der Waals surface area contributed by atoms with Gasteiger partial charge in [0.2, 0.25) is 5.91 Å². The summed E-state index contributed by atoms with van der Waals surface area (Å²) in [6, 6.07) is 18.0. The van der Waals surface area contributed by atoms with Gasteiger partial charge < -0.3 is 14.2 Å². The highest BCUT2D eigenvalue weighted by molar-refractivity contribution is 6.47. The summed E-state index contributed by atoms with van der Waals surface area (Å²) in [7, 11) is 1.38. The molecule has 2 aliphatic heterocycles. The molecular formula is C22H26BNO3. The molecule has 0 radical (unpaired) electrons. The lowest BCUT2D eigenvalue weighted by Gasteiger charge is -2.32. The van der Waals surface area contributed by atoms with Gasteiger partial charge in [0.05, 0.1) is 11.2 Å². The molecule has 0 bridgehead atoms. The summed E-state index contributed by atoms with van der Waals surface area (Å²) < 4.78 is 12.6. The minimum atomic E-state index is -0.812. The predicted molar refractivity (Wildman–Crippen MR) is 108 cm³/mol. The number of amides is 1. The predicted octanol–water partition coefficient (Wildman–Crippen LogP) is 4.04. The monoisotopic (exact) mass is 363 g/mol. The lowest BCUT2D eigenvalue weighted by molar-refractivity contribution is -0.121. The zero-order valence-electron chi connectivity index (χ0n) is 16.7. The Hall–Kier alpha value is -2.11. The molecule has 140 valence electrons. The molecule has 0 aliphatic carbocycles. The standard InChI is InChI=1S/C22H26BNO3/c1-20(2)21(3,4)27-23(26-20)15-22(16-11-7-6-8-12-16)17-13-9-10-14-18(17)24(5)19(22)25/h6-14H,15H2,1-5H3. The normalized spacial score (nSPS) is 25.7. The van der Waals surface area contributed by atoms with E-state index in [2.05, 4.69) is 6.07 Å². The van der Waals surface area contributed by atoms with E-state index >= 15 is 0 Å². The van der Waals surface area contributed by atoms with Crippen LogP contribution in [0, 0.1) is 0 Å². The maximum atomic E-state index is 13.6. The van der Waals surface area contributed by atoms with Crippen LogP contribution in [0.2, 0.25) is 6.32 Å². The summed E-state index contributed by atoms with van der Waals surface area (Å²) in [5.74, 6) is 0.0598. The van der Waals surface area contributed by atoms with Crippen LogP contribution in [0.3, 0.4) is 0 Å². The molecule has 5 heteroatoms. The zero-order chi connectivity index (χ0) is 19.4. The molecule has 0 saturated carbocycles. The van der Waals surface area contributed by atoms with E-state index < -0.39 is 23.7 Å². The van der Waals surface area contributed by atoms with Gasteiger partial charge in [0.15, 0.2) is 0 Å². The second kappa shape index (κ2) is 5.95. The van der Waals surface area contributed by atoms with Gasteiger partial charge >= 0.3 is 7.12 Å². The number of hydrogen-bond donors (Lipinski definition) is 0. The van der Waals surface area contributed by atoms with E-state index in [1.807, 2.05) is 83.3 Å². The van der Waals surface area contributed by atoms with Gasteiger partial charge in [-0.2, -0.15) is 0 Å². The van der Waals surface area contributed by atoms with Crippen molar-refractivity contribution in [3.63, 3.8) is 0 Å². The molecule has 4 nitrogen and oxygen atoms in total. The topological polar surface area (TPSA) is 38.8 Å². The Morgan fingerprint density at radius 2 is 1.44 bits per heavy atom. The first-order valence-electron chi connectivity index (χ1n) is 9.48. The summed E-state index contributed by atoms with van der Waals surface area (Å²) in [6.07, 6.45) is 0.448. The molecule has 1 unspecified atom stereocenters. The molecule has 27 heavy (non-hydrogen) atoms. The third-order valence-corrected chi connectivity index (χ3v) is 6.44. The number of para-hydroxylation sites is 1. The van der Waals surface area contributed by atoms with E-state index in [1.54, 1.807) is 4.90 Å². The maximum absolute atomic E-state index is 13.6. The van der Waals surface area contributed by atoms with Crippen LogP contribution >= 0.6 is 0 Å². The fourth-order valence-electron chi connectivity index (χ4n) is 4.25. The van der Waals surface area contributed by atoms with Crippen molar-refractivity contribution in [3.8, 4) is 0 Å². The Balaban J connectivity index is 1.85. The molecule has 4 rings (SSSR count). The third kappa shape index (κ3) is 2.56. The molecule has 1 amide bonds. The lowest BCUT2D eigenvalue weighted by atomic mass is 9.61. The van der Waals surface area contributed by atoms with Crippen LogP contribution in [0.5, 0.6) is 0 Å². The van der Waals surface area contributed by atoms with Crippen LogP contribution in [0.15, 0.2) is 54.6 Å². The highest BCUT2D eigenvalue weighted by Crippen LogP contribution is 2.50. The SMILES string of the molecule is CN1C(=O)C(CB2OC(C)(C)C(C)(C)O2)(c2ccccc2)c2ccccc21. The minimum Gasteiger partial charge on any atom is -0.403 e. The smallest absolute Gasteiger partial charge is 0.403 e. The van der Waals surface area contributed by atoms with Gasteiger partial charge in [0.25, 0.3) is 0 Å². The van der Waals surface area contributed by atoms with E-state index in [-0.39, 0.29) is 5.91 Å². The van der Waals surface area contributed by atoms with E-state index in [4.69, 9.17) is 9.31 Å². The van der Waals surface area contributed by atoms with Crippen LogP contribution < -0.4 is 4.90 Å². The summed E-state index contributed by atoms with van der Waals surface area (Å²) in [5.41, 5.74) is 1.27. The van der Waals surface area contributed by atoms with E-state index in [1.165, 1.54) is 0 Å². The number of likely N-dealkylation sites (N-methyl/N-ethyl adjacent to an activating group) is 1. The van der Waals surface area contributed by atoms with Crippen LogP contribution in [0.25, 0.3) is 0 Å². The molecule has 1 saturated heterocycles. The molecule has 2 aliphatic rings. The molecule has 0 aromatic heterocycles. The summed E-state index contributed by atoms with van der Waals surface area (Å²) in [5, 5.41) is 0. The van der Waals surface area contributed by atoms with Crippen LogP contribution in [-0.2, 0) is 19.5 Å². The summed E-state index contributed by atoms with van der Waals surface area (Å²) in [4.78, 5) is 15.4. The van der Waals surface area contributed by atoms with E-state index in [0.29, 0.717) is 6.32 Å². The average Bonchev–Trinajstić information content (AvgIpc) is 2.97. The number of carbonyl (C=O) groups excluding carboxylic acids is 1. The van der Waals surface area contributed by atoms with Gasteiger partial charge in [-0.25, -0.2) is 0 Å². The number of anilines is 1. The van der Waals surface area contributed by atoms with Crippen molar-refractivity contribution < 1.29 is 14.1 Å². The van der Waals surface area contributed by atoms with Crippen LogP contribution in [-0.4, -0.2) is 31.3 Å². The van der Waals surface area contributed by atoms with Crippen LogP contribution in [0.4, 0.5) is 5.69 Å². The highest BCUT2D eigenvalue weighted by atomic mass is 16.7. The van der Waals surface area contributed by atoms with Gasteiger partial charge in [-0.15, -0.1) is 0 Å². The molecule has 1 atom stereocenters. The molecule has 2 aromatic carbocycles. The molecular weight excluding hydrogens is 337 g/mol. The fraction of sp³-hybridized carbons (Fsp3) is 0.409. The van der Waals surface area contributed by atoms with E-state index in [0.717, 1.165) is 16.8 Å². The third-order valence-electron chi connectivity index (χ3n) is 6.44.